The molecule has 0 aromatic heterocycles. The van der Waals surface area contributed by atoms with Crippen molar-refractivity contribution in [1.82, 2.24) is 10.2 Å². The maximum absolute atomic E-state index is 3.89. The molecule has 0 saturated carbocycles. The van der Waals surface area contributed by atoms with Gasteiger partial charge in [0.1, 0.15) is 0 Å². The molecule has 0 aromatic rings. The molecule has 2 nitrogen and oxygen atoms in total. The average Bonchev–Trinajstić information content (AvgIpc) is 2.72. The second-order valence-electron chi connectivity index (χ2n) is 5.98. The summed E-state index contributed by atoms with van der Waals surface area (Å²) >= 11 is 0. The third-order valence-corrected chi connectivity index (χ3v) is 4.51. The molecular weight excluding hydrogens is 196 g/mol. The van der Waals surface area contributed by atoms with Crippen LogP contribution in [0.15, 0.2) is 0 Å². The van der Waals surface area contributed by atoms with Crippen LogP contribution in [0.2, 0.25) is 0 Å². The van der Waals surface area contributed by atoms with Crippen LogP contribution in [0.5, 0.6) is 0 Å². The Kier molecular flexibility index (Phi) is 4.26. The van der Waals surface area contributed by atoms with Crippen LogP contribution in [0.3, 0.4) is 0 Å². The summed E-state index contributed by atoms with van der Waals surface area (Å²) in [7, 11) is 0. The highest BCUT2D eigenvalue weighted by Crippen LogP contribution is 2.27. The topological polar surface area (TPSA) is 15.3 Å². The van der Waals surface area contributed by atoms with E-state index in [4.69, 9.17) is 0 Å². The molecule has 0 aliphatic carbocycles. The highest BCUT2D eigenvalue weighted by molar-refractivity contribution is 4.90. The van der Waals surface area contributed by atoms with Crippen LogP contribution in [0, 0.1) is 5.92 Å². The number of hydrogen-bond acceptors (Lipinski definition) is 2. The molecule has 2 heteroatoms. The van der Waals surface area contributed by atoms with E-state index in [1.54, 1.807) is 0 Å². The van der Waals surface area contributed by atoms with E-state index in [2.05, 4.69) is 31.0 Å². The molecule has 3 atom stereocenters. The van der Waals surface area contributed by atoms with Gasteiger partial charge in [0.2, 0.25) is 0 Å². The van der Waals surface area contributed by atoms with Gasteiger partial charge in [0.05, 0.1) is 0 Å². The van der Waals surface area contributed by atoms with Crippen molar-refractivity contribution in [3.63, 3.8) is 0 Å². The fourth-order valence-electron chi connectivity index (χ4n) is 3.46. The van der Waals surface area contributed by atoms with Crippen molar-refractivity contribution in [2.24, 2.45) is 5.92 Å². The highest BCUT2D eigenvalue weighted by Gasteiger charge is 2.32. The molecular formula is C14H28N2. The van der Waals surface area contributed by atoms with Gasteiger partial charge < -0.3 is 10.2 Å². The molecule has 2 fully saturated rings. The zero-order valence-corrected chi connectivity index (χ0v) is 11.2. The van der Waals surface area contributed by atoms with Crippen molar-refractivity contribution in [3.8, 4) is 0 Å². The molecule has 94 valence electrons. The van der Waals surface area contributed by atoms with Gasteiger partial charge in [-0.15, -0.1) is 0 Å². The summed E-state index contributed by atoms with van der Waals surface area (Å²) in [6, 6.07) is 2.40. The van der Waals surface area contributed by atoms with Crippen LogP contribution >= 0.6 is 0 Å². The summed E-state index contributed by atoms with van der Waals surface area (Å²) in [4.78, 5) is 2.70. The quantitative estimate of drug-likeness (QED) is 0.790. The summed E-state index contributed by atoms with van der Waals surface area (Å²) in [5.41, 5.74) is 0. The lowest BCUT2D eigenvalue weighted by Crippen LogP contribution is -2.49. The van der Waals surface area contributed by atoms with Crippen molar-refractivity contribution < 1.29 is 0 Å². The lowest BCUT2D eigenvalue weighted by molar-refractivity contribution is 0.155. The molecule has 0 spiro atoms. The van der Waals surface area contributed by atoms with Gasteiger partial charge in [-0.1, -0.05) is 20.8 Å². The molecule has 0 amide bonds. The Morgan fingerprint density at radius 2 is 2.06 bits per heavy atom. The summed E-state index contributed by atoms with van der Waals surface area (Å²) in [5.74, 6) is 0.770. The molecule has 0 radical (unpaired) electrons. The van der Waals surface area contributed by atoms with Crippen molar-refractivity contribution >= 4 is 0 Å². The molecule has 1 N–H and O–H groups in total. The second kappa shape index (κ2) is 5.50. The van der Waals surface area contributed by atoms with Gasteiger partial charge in [0, 0.05) is 18.1 Å². The number of nitrogens with one attached hydrogen (secondary N) is 1. The minimum Gasteiger partial charge on any atom is -0.311 e. The van der Waals surface area contributed by atoms with Gasteiger partial charge in [0.15, 0.2) is 0 Å². The van der Waals surface area contributed by atoms with Crippen LogP contribution < -0.4 is 5.32 Å². The SMILES string of the molecule is CCC(NC1CCN2CCCC2C1)C(C)C. The van der Waals surface area contributed by atoms with Crippen LogP contribution in [-0.2, 0) is 0 Å². The lowest BCUT2D eigenvalue weighted by Gasteiger charge is -2.37. The van der Waals surface area contributed by atoms with Gasteiger partial charge in [0.25, 0.3) is 0 Å². The fraction of sp³-hybridized carbons (Fsp3) is 1.00. The predicted octanol–water partition coefficient (Wildman–Crippen LogP) is 2.64. The van der Waals surface area contributed by atoms with E-state index >= 15 is 0 Å². The molecule has 0 bridgehead atoms. The monoisotopic (exact) mass is 224 g/mol. The first-order valence-electron chi connectivity index (χ1n) is 7.20. The molecule has 2 rings (SSSR count). The Balaban J connectivity index is 1.82. The summed E-state index contributed by atoms with van der Waals surface area (Å²) in [5, 5.41) is 3.89. The van der Waals surface area contributed by atoms with E-state index in [0.717, 1.165) is 24.0 Å². The second-order valence-corrected chi connectivity index (χ2v) is 5.98. The Morgan fingerprint density at radius 3 is 2.75 bits per heavy atom. The lowest BCUT2D eigenvalue weighted by atomic mass is 9.94. The molecule has 2 heterocycles. The van der Waals surface area contributed by atoms with E-state index < -0.39 is 0 Å². The molecule has 2 aliphatic heterocycles. The normalized spacial score (nSPS) is 33.0. The van der Waals surface area contributed by atoms with Crippen LogP contribution in [0.25, 0.3) is 0 Å². The maximum Gasteiger partial charge on any atom is 0.0111 e. The number of nitrogens with zero attached hydrogens (tertiary/aromatic N) is 1. The van der Waals surface area contributed by atoms with Crippen molar-refractivity contribution in [2.45, 2.75) is 71.0 Å². The van der Waals surface area contributed by atoms with E-state index in [9.17, 15) is 0 Å². The zero-order valence-electron chi connectivity index (χ0n) is 11.2. The van der Waals surface area contributed by atoms with E-state index in [0.29, 0.717) is 0 Å². The van der Waals surface area contributed by atoms with Gasteiger partial charge in [-0.05, 0) is 51.1 Å². The molecule has 0 aromatic carbocycles. The molecule has 2 saturated heterocycles. The van der Waals surface area contributed by atoms with Crippen LogP contribution in [0.4, 0.5) is 0 Å². The smallest absolute Gasteiger partial charge is 0.0111 e. The Labute approximate surface area is 101 Å². The molecule has 16 heavy (non-hydrogen) atoms. The number of piperidine rings is 1. The van der Waals surface area contributed by atoms with Crippen molar-refractivity contribution in [3.05, 3.63) is 0 Å². The number of rotatable bonds is 4. The van der Waals surface area contributed by atoms with Gasteiger partial charge >= 0.3 is 0 Å². The first-order valence-corrected chi connectivity index (χ1v) is 7.20. The van der Waals surface area contributed by atoms with Crippen LogP contribution in [0.1, 0.15) is 52.9 Å². The van der Waals surface area contributed by atoms with E-state index in [-0.39, 0.29) is 0 Å². The van der Waals surface area contributed by atoms with E-state index in [1.807, 2.05) is 0 Å². The number of fused-ring (bicyclic) bond motifs is 1. The molecule has 3 unspecified atom stereocenters. The van der Waals surface area contributed by atoms with Gasteiger partial charge in [-0.3, -0.25) is 0 Å². The fourth-order valence-corrected chi connectivity index (χ4v) is 3.46. The van der Waals surface area contributed by atoms with Crippen molar-refractivity contribution in [2.75, 3.05) is 13.1 Å². The summed E-state index contributed by atoms with van der Waals surface area (Å²) in [6.07, 6.45) is 6.89. The summed E-state index contributed by atoms with van der Waals surface area (Å²) in [6.45, 7) is 9.68. The largest absolute Gasteiger partial charge is 0.311 e. The minimum atomic E-state index is 0.720. The van der Waals surface area contributed by atoms with Gasteiger partial charge in [-0.25, -0.2) is 0 Å². The Bertz CT molecular complexity index is 215. The Morgan fingerprint density at radius 1 is 1.25 bits per heavy atom. The first-order chi connectivity index (χ1) is 7.70. The molecule has 2 aliphatic rings. The third-order valence-electron chi connectivity index (χ3n) is 4.51. The third kappa shape index (κ3) is 2.78. The summed E-state index contributed by atoms with van der Waals surface area (Å²) < 4.78 is 0. The first kappa shape index (κ1) is 12.4. The number of hydrogen-bond donors (Lipinski definition) is 1. The minimum absolute atomic E-state index is 0.720. The van der Waals surface area contributed by atoms with Crippen LogP contribution in [-0.4, -0.2) is 36.1 Å². The predicted molar refractivity (Wildman–Crippen MR) is 69.7 cm³/mol. The highest BCUT2D eigenvalue weighted by atomic mass is 15.2. The Hall–Kier alpha value is -0.0800. The van der Waals surface area contributed by atoms with E-state index in [1.165, 1.54) is 45.2 Å². The van der Waals surface area contributed by atoms with Crippen molar-refractivity contribution in [1.29, 1.82) is 0 Å². The van der Waals surface area contributed by atoms with Gasteiger partial charge in [-0.2, -0.15) is 0 Å². The average molecular weight is 224 g/mol. The standard InChI is InChI=1S/C14H28N2/c1-4-14(11(2)3)15-12-7-9-16-8-5-6-13(16)10-12/h11-15H,4-10H2,1-3H3. The zero-order chi connectivity index (χ0) is 11.5. The maximum atomic E-state index is 3.89.